The molecule has 0 radical (unpaired) electrons. The molecule has 1 aromatic rings. The Morgan fingerprint density at radius 1 is 1.30 bits per heavy atom. The fraction of sp³-hybridized carbons (Fsp3) is 0.385. The normalized spacial score (nSPS) is 10.9. The summed E-state index contributed by atoms with van der Waals surface area (Å²) in [6, 6.07) is 7.14. The molecule has 0 saturated heterocycles. The molecule has 1 aromatic carbocycles. The molecule has 0 spiro atoms. The van der Waals surface area contributed by atoms with Crippen LogP contribution in [0.15, 0.2) is 24.3 Å². The molecule has 1 rings (SSSR count). The van der Waals surface area contributed by atoms with Crippen molar-refractivity contribution < 1.29 is 18.3 Å². The molecule has 7 heteroatoms. The summed E-state index contributed by atoms with van der Waals surface area (Å²) in [5, 5.41) is 8.69. The molecular formula is C13H18N2O4S. The van der Waals surface area contributed by atoms with Gasteiger partial charge in [-0.3, -0.25) is 0 Å². The summed E-state index contributed by atoms with van der Waals surface area (Å²) >= 11 is 0. The van der Waals surface area contributed by atoms with Crippen LogP contribution in [0.5, 0.6) is 0 Å². The van der Waals surface area contributed by atoms with E-state index in [1.54, 1.807) is 24.3 Å². The maximum Gasteiger partial charge on any atom is 0.277 e. The molecule has 6 nitrogen and oxygen atoms in total. The zero-order valence-corrected chi connectivity index (χ0v) is 12.0. The number of rotatable bonds is 7. The molecule has 0 atom stereocenters. The minimum absolute atomic E-state index is 0.124. The van der Waals surface area contributed by atoms with E-state index in [1.807, 2.05) is 0 Å². The number of aliphatic hydroxyl groups is 1. The monoisotopic (exact) mass is 298 g/mol. The van der Waals surface area contributed by atoms with E-state index in [1.165, 1.54) is 7.11 Å². The first kappa shape index (κ1) is 16.6. The second-order valence-electron chi connectivity index (χ2n) is 3.83. The first-order valence-electron chi connectivity index (χ1n) is 6.00. The third-order valence-corrected chi connectivity index (χ3v) is 3.48. The number of nitrogens with one attached hydrogen (secondary N) is 2. The minimum atomic E-state index is -3.57. The molecule has 0 saturated carbocycles. The van der Waals surface area contributed by atoms with Crippen molar-refractivity contribution in [2.45, 2.75) is 6.54 Å². The summed E-state index contributed by atoms with van der Waals surface area (Å²) < 4.78 is 32.8. The SMILES string of the molecule is COCCNS(=O)(=O)NCc1ccccc1C#CCO. The predicted molar refractivity (Wildman–Crippen MR) is 76.0 cm³/mol. The first-order valence-corrected chi connectivity index (χ1v) is 7.48. The van der Waals surface area contributed by atoms with Gasteiger partial charge in [0.1, 0.15) is 6.61 Å². The van der Waals surface area contributed by atoms with Crippen molar-refractivity contribution in [2.24, 2.45) is 0 Å². The number of aliphatic hydroxyl groups excluding tert-OH is 1. The topological polar surface area (TPSA) is 87.7 Å². The number of methoxy groups -OCH3 is 1. The van der Waals surface area contributed by atoms with Gasteiger partial charge in [0.25, 0.3) is 10.2 Å². The van der Waals surface area contributed by atoms with E-state index in [4.69, 9.17) is 9.84 Å². The Morgan fingerprint density at radius 3 is 2.75 bits per heavy atom. The van der Waals surface area contributed by atoms with Crippen LogP contribution in [0.25, 0.3) is 0 Å². The highest BCUT2D eigenvalue weighted by Crippen LogP contribution is 2.07. The highest BCUT2D eigenvalue weighted by Gasteiger charge is 2.09. The molecule has 0 aliphatic rings. The van der Waals surface area contributed by atoms with Gasteiger partial charge in [-0.05, 0) is 11.6 Å². The Labute approximate surface area is 119 Å². The first-order chi connectivity index (χ1) is 9.59. The van der Waals surface area contributed by atoms with Gasteiger partial charge in [-0.15, -0.1) is 0 Å². The summed E-state index contributed by atoms with van der Waals surface area (Å²) in [7, 11) is -2.07. The molecule has 0 bridgehead atoms. The molecule has 0 amide bonds. The van der Waals surface area contributed by atoms with Crippen molar-refractivity contribution in [1.29, 1.82) is 0 Å². The van der Waals surface area contributed by atoms with Gasteiger partial charge in [0.2, 0.25) is 0 Å². The number of benzene rings is 1. The molecule has 0 fully saturated rings. The Hall–Kier alpha value is -1.43. The second-order valence-corrected chi connectivity index (χ2v) is 5.41. The summed E-state index contributed by atoms with van der Waals surface area (Å²) in [4.78, 5) is 0. The van der Waals surface area contributed by atoms with Crippen LogP contribution in [0.2, 0.25) is 0 Å². The molecule has 0 heterocycles. The Balaban J connectivity index is 2.65. The quantitative estimate of drug-likeness (QED) is 0.472. The van der Waals surface area contributed by atoms with Gasteiger partial charge in [0, 0.05) is 25.8 Å². The van der Waals surface area contributed by atoms with Gasteiger partial charge in [-0.25, -0.2) is 0 Å². The smallest absolute Gasteiger partial charge is 0.277 e. The van der Waals surface area contributed by atoms with Gasteiger partial charge in [-0.1, -0.05) is 30.0 Å². The van der Waals surface area contributed by atoms with E-state index in [0.29, 0.717) is 12.2 Å². The zero-order chi connectivity index (χ0) is 14.8. The number of ether oxygens (including phenoxy) is 1. The van der Waals surface area contributed by atoms with Crippen molar-refractivity contribution in [1.82, 2.24) is 9.44 Å². The van der Waals surface area contributed by atoms with Crippen molar-refractivity contribution in [3.8, 4) is 11.8 Å². The van der Waals surface area contributed by atoms with Crippen LogP contribution in [0.4, 0.5) is 0 Å². The van der Waals surface area contributed by atoms with E-state index in [-0.39, 0.29) is 19.7 Å². The maximum absolute atomic E-state index is 11.7. The molecule has 110 valence electrons. The molecular weight excluding hydrogens is 280 g/mol. The van der Waals surface area contributed by atoms with Crippen LogP contribution in [-0.4, -0.2) is 40.4 Å². The third kappa shape index (κ3) is 6.14. The maximum atomic E-state index is 11.7. The van der Waals surface area contributed by atoms with Gasteiger partial charge < -0.3 is 9.84 Å². The summed E-state index contributed by atoms with van der Waals surface area (Å²) in [6.45, 7) is 0.397. The fourth-order valence-corrected chi connectivity index (χ4v) is 2.23. The molecule has 20 heavy (non-hydrogen) atoms. The average Bonchev–Trinajstić information content (AvgIpc) is 2.44. The molecule has 0 aliphatic heterocycles. The van der Waals surface area contributed by atoms with Gasteiger partial charge >= 0.3 is 0 Å². The second kappa shape index (κ2) is 8.68. The zero-order valence-electron chi connectivity index (χ0n) is 11.2. The standard InChI is InChI=1S/C13H18N2O4S/c1-19-10-8-14-20(17,18)15-11-13-6-3-2-5-12(13)7-4-9-16/h2-3,5-6,14-16H,8-11H2,1H3. The number of hydrogen-bond donors (Lipinski definition) is 3. The van der Waals surface area contributed by atoms with Crippen molar-refractivity contribution in [3.05, 3.63) is 35.4 Å². The number of hydrogen-bond acceptors (Lipinski definition) is 4. The van der Waals surface area contributed by atoms with Gasteiger partial charge in [-0.2, -0.15) is 17.9 Å². The highest BCUT2D eigenvalue weighted by molar-refractivity contribution is 7.87. The van der Waals surface area contributed by atoms with Crippen LogP contribution in [0.3, 0.4) is 0 Å². The lowest BCUT2D eigenvalue weighted by atomic mass is 10.1. The lowest BCUT2D eigenvalue weighted by Gasteiger charge is -2.09. The van der Waals surface area contributed by atoms with E-state index >= 15 is 0 Å². The van der Waals surface area contributed by atoms with Crippen LogP contribution < -0.4 is 9.44 Å². The Bertz CT molecular complexity index is 576. The van der Waals surface area contributed by atoms with E-state index in [2.05, 4.69) is 21.3 Å². The van der Waals surface area contributed by atoms with Gasteiger partial charge in [0.05, 0.1) is 6.61 Å². The Kier molecular flexibility index (Phi) is 7.22. The molecule has 0 aliphatic carbocycles. The Morgan fingerprint density at radius 2 is 2.05 bits per heavy atom. The lowest BCUT2D eigenvalue weighted by molar-refractivity contribution is 0.204. The van der Waals surface area contributed by atoms with Crippen LogP contribution >= 0.6 is 0 Å². The van der Waals surface area contributed by atoms with Gasteiger partial charge in [0.15, 0.2) is 0 Å². The predicted octanol–water partition coefficient (Wildman–Crippen LogP) is -0.399. The summed E-state index contributed by atoms with van der Waals surface area (Å²) in [5.74, 6) is 5.32. The molecule has 0 unspecified atom stereocenters. The van der Waals surface area contributed by atoms with E-state index in [0.717, 1.165) is 5.56 Å². The van der Waals surface area contributed by atoms with E-state index < -0.39 is 10.2 Å². The summed E-state index contributed by atoms with van der Waals surface area (Å²) in [5.41, 5.74) is 1.42. The van der Waals surface area contributed by atoms with Crippen molar-refractivity contribution >= 4 is 10.2 Å². The van der Waals surface area contributed by atoms with Crippen molar-refractivity contribution in [2.75, 3.05) is 26.9 Å². The largest absolute Gasteiger partial charge is 0.384 e. The average molecular weight is 298 g/mol. The van der Waals surface area contributed by atoms with Crippen LogP contribution in [-0.2, 0) is 21.5 Å². The van der Waals surface area contributed by atoms with Crippen LogP contribution in [0.1, 0.15) is 11.1 Å². The van der Waals surface area contributed by atoms with Crippen molar-refractivity contribution in [3.63, 3.8) is 0 Å². The minimum Gasteiger partial charge on any atom is -0.384 e. The van der Waals surface area contributed by atoms with Crippen LogP contribution in [0, 0.1) is 11.8 Å². The third-order valence-electron chi connectivity index (χ3n) is 2.37. The highest BCUT2D eigenvalue weighted by atomic mass is 32.2. The lowest BCUT2D eigenvalue weighted by Crippen LogP contribution is -2.37. The fourth-order valence-electron chi connectivity index (χ4n) is 1.43. The molecule has 0 aromatic heterocycles. The molecule has 3 N–H and O–H groups in total. The van der Waals surface area contributed by atoms with E-state index in [9.17, 15) is 8.42 Å². The summed E-state index contributed by atoms with van der Waals surface area (Å²) in [6.07, 6.45) is 0.